The number of nitrogens with two attached hydrogens (primary N) is 1. The topological polar surface area (TPSA) is 19.9 Å². The van der Waals surface area contributed by atoms with E-state index >= 15 is 0 Å². The van der Waals surface area contributed by atoms with Crippen LogP contribution in [0.1, 0.15) is 19.8 Å². The average molecular weight is 205 g/mol. The van der Waals surface area contributed by atoms with E-state index in [-0.39, 0.29) is 6.54 Å². The van der Waals surface area contributed by atoms with Gasteiger partial charge in [-0.3, -0.25) is 4.90 Å². The molecular weight excluding hydrogens is 186 g/mol. The minimum atomic E-state index is -2.46. The molecular formula is C10H19F2N2+. The number of piperidine rings is 1. The van der Waals surface area contributed by atoms with Gasteiger partial charge in [-0.1, -0.05) is 6.92 Å². The normalized spacial score (nSPS) is 30.2. The molecule has 2 fully saturated rings. The Labute approximate surface area is 83.7 Å². The first-order valence-electron chi connectivity index (χ1n) is 5.51. The molecule has 2 aliphatic rings. The molecule has 0 aromatic carbocycles. The molecule has 2 heterocycles. The highest BCUT2D eigenvalue weighted by atomic mass is 19.3. The first-order chi connectivity index (χ1) is 6.60. The monoisotopic (exact) mass is 205 g/mol. The van der Waals surface area contributed by atoms with Crippen molar-refractivity contribution in [1.82, 2.24) is 4.90 Å². The molecule has 0 amide bonds. The Morgan fingerprint density at radius 1 is 1.36 bits per heavy atom. The van der Waals surface area contributed by atoms with Crippen molar-refractivity contribution in [3.05, 3.63) is 0 Å². The van der Waals surface area contributed by atoms with E-state index in [0.717, 1.165) is 19.5 Å². The van der Waals surface area contributed by atoms with Gasteiger partial charge in [0.1, 0.15) is 5.41 Å². The third kappa shape index (κ3) is 1.44. The molecule has 4 heteroatoms. The predicted molar refractivity (Wildman–Crippen MR) is 50.4 cm³/mol. The van der Waals surface area contributed by atoms with E-state index in [1.165, 1.54) is 0 Å². The summed E-state index contributed by atoms with van der Waals surface area (Å²) in [6.07, 6.45) is 1.64. The first-order valence-corrected chi connectivity index (χ1v) is 5.51. The van der Waals surface area contributed by atoms with Crippen LogP contribution < -0.4 is 5.32 Å². The second kappa shape index (κ2) is 3.42. The van der Waals surface area contributed by atoms with Crippen LogP contribution in [0.25, 0.3) is 0 Å². The number of alkyl halides is 2. The van der Waals surface area contributed by atoms with E-state index in [1.54, 1.807) is 0 Å². The van der Waals surface area contributed by atoms with Crippen molar-refractivity contribution >= 4 is 0 Å². The molecule has 0 saturated carbocycles. The van der Waals surface area contributed by atoms with Crippen LogP contribution in [0.4, 0.5) is 8.78 Å². The molecule has 0 radical (unpaired) electrons. The van der Waals surface area contributed by atoms with Crippen LogP contribution in [-0.2, 0) is 0 Å². The lowest BCUT2D eigenvalue weighted by atomic mass is 9.70. The van der Waals surface area contributed by atoms with Gasteiger partial charge in [0.2, 0.25) is 0 Å². The summed E-state index contributed by atoms with van der Waals surface area (Å²) in [5.41, 5.74) is -0.656. The molecule has 2 saturated heterocycles. The van der Waals surface area contributed by atoms with Gasteiger partial charge in [0.25, 0.3) is 5.92 Å². The molecule has 0 aromatic rings. The van der Waals surface area contributed by atoms with Crippen LogP contribution in [0, 0.1) is 5.41 Å². The Bertz CT molecular complexity index is 214. The second-order valence-electron chi connectivity index (χ2n) is 4.71. The first kappa shape index (κ1) is 10.3. The molecule has 1 spiro atoms. The van der Waals surface area contributed by atoms with E-state index < -0.39 is 11.3 Å². The molecule has 2 nitrogen and oxygen atoms in total. The van der Waals surface area contributed by atoms with Crippen molar-refractivity contribution in [2.24, 2.45) is 5.41 Å². The third-order valence-corrected chi connectivity index (χ3v) is 3.71. The van der Waals surface area contributed by atoms with E-state index in [4.69, 9.17) is 0 Å². The molecule has 0 aliphatic carbocycles. The summed E-state index contributed by atoms with van der Waals surface area (Å²) in [7, 11) is 0. The maximum atomic E-state index is 13.8. The highest BCUT2D eigenvalue weighted by Gasteiger charge is 2.63. The van der Waals surface area contributed by atoms with Gasteiger partial charge < -0.3 is 5.32 Å². The van der Waals surface area contributed by atoms with Gasteiger partial charge in [0.15, 0.2) is 0 Å². The Morgan fingerprint density at radius 3 is 2.50 bits per heavy atom. The summed E-state index contributed by atoms with van der Waals surface area (Å²) in [6.45, 7) is 4.95. The van der Waals surface area contributed by atoms with Crippen molar-refractivity contribution in [2.75, 3.05) is 32.7 Å². The van der Waals surface area contributed by atoms with Crippen LogP contribution >= 0.6 is 0 Å². The number of likely N-dealkylation sites (tertiary alicyclic amines) is 1. The maximum absolute atomic E-state index is 13.8. The van der Waals surface area contributed by atoms with Crippen LogP contribution in [0.2, 0.25) is 0 Å². The fourth-order valence-corrected chi connectivity index (χ4v) is 2.59. The number of hydrogen-bond donors (Lipinski definition) is 1. The zero-order valence-corrected chi connectivity index (χ0v) is 8.73. The summed E-state index contributed by atoms with van der Waals surface area (Å²) in [4.78, 5) is 1.91. The summed E-state index contributed by atoms with van der Waals surface area (Å²) in [6, 6.07) is 0. The number of rotatable bonds is 2. The lowest BCUT2D eigenvalue weighted by Crippen LogP contribution is -3.03. The number of halogens is 2. The highest BCUT2D eigenvalue weighted by Crippen LogP contribution is 2.44. The largest absolute Gasteiger partial charge is 0.345 e. The molecule has 82 valence electrons. The van der Waals surface area contributed by atoms with Gasteiger partial charge >= 0.3 is 0 Å². The smallest absolute Gasteiger partial charge is 0.276 e. The quantitative estimate of drug-likeness (QED) is 0.687. The van der Waals surface area contributed by atoms with Gasteiger partial charge in [-0.05, 0) is 25.9 Å². The zero-order chi connectivity index (χ0) is 10.2. The number of nitrogens with zero attached hydrogens (tertiary/aromatic N) is 1. The van der Waals surface area contributed by atoms with E-state index in [9.17, 15) is 8.78 Å². The fourth-order valence-electron chi connectivity index (χ4n) is 2.59. The molecule has 14 heavy (non-hydrogen) atoms. The van der Waals surface area contributed by atoms with Crippen LogP contribution in [0.3, 0.4) is 0 Å². The summed E-state index contributed by atoms with van der Waals surface area (Å²) >= 11 is 0. The van der Waals surface area contributed by atoms with Gasteiger partial charge in [-0.15, -0.1) is 0 Å². The molecule has 0 bridgehead atoms. The predicted octanol–water partition coefficient (Wildman–Crippen LogP) is 0.301. The van der Waals surface area contributed by atoms with Gasteiger partial charge in [-0.25, -0.2) is 8.78 Å². The minimum Gasteiger partial charge on any atom is -0.345 e. The van der Waals surface area contributed by atoms with Gasteiger partial charge in [0.05, 0.1) is 19.6 Å². The molecule has 0 atom stereocenters. The molecule has 2 aliphatic heterocycles. The molecule has 0 aromatic heterocycles. The average Bonchev–Trinajstić information content (AvgIpc) is 2.00. The van der Waals surface area contributed by atoms with E-state index in [0.29, 0.717) is 19.5 Å². The highest BCUT2D eigenvalue weighted by molar-refractivity contribution is 5.00. The Kier molecular flexibility index (Phi) is 2.52. The Morgan fingerprint density at radius 2 is 2.07 bits per heavy atom. The lowest BCUT2D eigenvalue weighted by Gasteiger charge is -2.49. The van der Waals surface area contributed by atoms with Crippen molar-refractivity contribution in [2.45, 2.75) is 25.7 Å². The van der Waals surface area contributed by atoms with Crippen molar-refractivity contribution in [1.29, 1.82) is 0 Å². The standard InChI is InChI=1S/C10H18F2N2/c1-2-4-14-5-3-9(6-13-7-9)10(11,12)8-14/h13H,2-8H2,1H3/p+1. The van der Waals surface area contributed by atoms with Crippen molar-refractivity contribution in [3.63, 3.8) is 0 Å². The summed E-state index contributed by atoms with van der Waals surface area (Å²) < 4.78 is 27.6. The van der Waals surface area contributed by atoms with Crippen LogP contribution in [-0.4, -0.2) is 43.5 Å². The van der Waals surface area contributed by atoms with Gasteiger partial charge in [0, 0.05) is 0 Å². The van der Waals surface area contributed by atoms with Crippen LogP contribution in [0.5, 0.6) is 0 Å². The zero-order valence-electron chi connectivity index (χ0n) is 8.73. The third-order valence-electron chi connectivity index (χ3n) is 3.71. The Hall–Kier alpha value is -0.220. The SMILES string of the molecule is CCCN1CCC2(C[NH2+]C2)C(F)(F)C1. The molecule has 0 unspecified atom stereocenters. The van der Waals surface area contributed by atoms with Gasteiger partial charge in [-0.2, -0.15) is 0 Å². The Balaban J connectivity index is 2.01. The summed E-state index contributed by atoms with van der Waals surface area (Å²) in [5.74, 6) is -2.46. The van der Waals surface area contributed by atoms with Crippen molar-refractivity contribution < 1.29 is 14.1 Å². The van der Waals surface area contributed by atoms with E-state index in [2.05, 4.69) is 0 Å². The molecule has 2 N–H and O–H groups in total. The minimum absolute atomic E-state index is 0.0192. The lowest BCUT2D eigenvalue weighted by molar-refractivity contribution is -0.753. The fraction of sp³-hybridized carbons (Fsp3) is 1.00. The molecule has 2 rings (SSSR count). The van der Waals surface area contributed by atoms with Crippen LogP contribution in [0.15, 0.2) is 0 Å². The number of hydrogen-bond acceptors (Lipinski definition) is 1. The van der Waals surface area contributed by atoms with Crippen molar-refractivity contribution in [3.8, 4) is 0 Å². The number of quaternary nitrogens is 1. The summed E-state index contributed by atoms with van der Waals surface area (Å²) in [5, 5.41) is 1.99. The second-order valence-corrected chi connectivity index (χ2v) is 4.71. The van der Waals surface area contributed by atoms with E-state index in [1.807, 2.05) is 17.1 Å². The maximum Gasteiger partial charge on any atom is 0.276 e.